The number of hydrogen-bond acceptors (Lipinski definition) is 2. The molecule has 0 amide bonds. The average Bonchev–Trinajstić information content (AvgIpc) is 2.76. The number of halogens is 4. The van der Waals surface area contributed by atoms with Crippen LogP contribution in [0, 0.1) is 0 Å². The number of rotatable bonds is 3. The maximum Gasteiger partial charge on any atom is 0.416 e. The third kappa shape index (κ3) is 4.92. The van der Waals surface area contributed by atoms with Crippen molar-refractivity contribution < 1.29 is 13.2 Å². The summed E-state index contributed by atoms with van der Waals surface area (Å²) >= 11 is 6.08. The van der Waals surface area contributed by atoms with Crippen LogP contribution in [0.4, 0.5) is 13.2 Å². The largest absolute Gasteiger partial charge is 0.416 e. The van der Waals surface area contributed by atoms with E-state index in [0.717, 1.165) is 17.7 Å². The predicted octanol–water partition coefficient (Wildman–Crippen LogP) is 7.53. The van der Waals surface area contributed by atoms with Gasteiger partial charge in [0.15, 0.2) is 0 Å². The molecule has 0 saturated carbocycles. The Labute approximate surface area is 200 Å². The highest BCUT2D eigenvalue weighted by atomic mass is 35.5. The van der Waals surface area contributed by atoms with Crippen molar-refractivity contribution in [2.75, 3.05) is 0 Å². The topological polar surface area (TPSA) is 34.9 Å². The first-order chi connectivity index (χ1) is 15.9. The molecule has 34 heavy (non-hydrogen) atoms. The van der Waals surface area contributed by atoms with Gasteiger partial charge >= 0.3 is 6.18 Å². The second kappa shape index (κ2) is 8.76. The Kier molecular flexibility index (Phi) is 6.13. The zero-order chi connectivity index (χ0) is 24.7. The van der Waals surface area contributed by atoms with Crippen LogP contribution in [0.15, 0.2) is 71.5 Å². The van der Waals surface area contributed by atoms with Crippen LogP contribution < -0.4 is 5.56 Å². The summed E-state index contributed by atoms with van der Waals surface area (Å²) in [5.41, 5.74) is 1.15. The lowest BCUT2D eigenvalue weighted by atomic mass is 9.87. The monoisotopic (exact) mass is 482 g/mol. The second-order valence-electron chi connectivity index (χ2n) is 9.03. The highest BCUT2D eigenvalue weighted by Gasteiger charge is 2.30. The minimum absolute atomic E-state index is 0.00535. The van der Waals surface area contributed by atoms with E-state index in [1.165, 1.54) is 28.3 Å². The van der Waals surface area contributed by atoms with Gasteiger partial charge in [0.05, 0.1) is 22.2 Å². The maximum absolute atomic E-state index is 13.4. The van der Waals surface area contributed by atoms with Gasteiger partial charge in [-0.2, -0.15) is 13.2 Å². The van der Waals surface area contributed by atoms with Crippen LogP contribution in [0.25, 0.3) is 28.7 Å². The van der Waals surface area contributed by atoms with Gasteiger partial charge in [0.1, 0.15) is 5.82 Å². The summed E-state index contributed by atoms with van der Waals surface area (Å²) in [6.07, 6.45) is -1.15. The van der Waals surface area contributed by atoms with Gasteiger partial charge in [0.2, 0.25) is 0 Å². The Morgan fingerprint density at radius 3 is 2.24 bits per heavy atom. The lowest BCUT2D eigenvalue weighted by molar-refractivity contribution is -0.137. The molecule has 4 rings (SSSR count). The number of aromatic nitrogens is 2. The molecule has 3 nitrogen and oxygen atoms in total. The fourth-order valence-corrected chi connectivity index (χ4v) is 3.79. The molecule has 0 saturated heterocycles. The second-order valence-corrected chi connectivity index (χ2v) is 9.46. The highest BCUT2D eigenvalue weighted by Crippen LogP contribution is 2.30. The van der Waals surface area contributed by atoms with Crippen molar-refractivity contribution in [3.63, 3.8) is 0 Å². The molecular formula is C27H22ClF3N2O. The number of fused-ring (bicyclic) bond motifs is 1. The molecule has 0 radical (unpaired) electrons. The van der Waals surface area contributed by atoms with Gasteiger partial charge in [-0.15, -0.1) is 0 Å². The Bertz CT molecular complexity index is 1450. The van der Waals surface area contributed by atoms with Gasteiger partial charge in [-0.05, 0) is 59.0 Å². The molecule has 0 N–H and O–H groups in total. The molecule has 7 heteroatoms. The summed E-state index contributed by atoms with van der Waals surface area (Å²) in [4.78, 5) is 17.9. The Balaban J connectivity index is 1.88. The van der Waals surface area contributed by atoms with Crippen molar-refractivity contribution in [3.05, 3.63) is 105 Å². The minimum atomic E-state index is -4.54. The highest BCUT2D eigenvalue weighted by molar-refractivity contribution is 6.31. The standard InChI is InChI=1S/C27H22ClF3N2O/c1-26(2,3)18-10-7-17(8-11-18)9-14-24-32-23-16-20(28)12-13-22(23)25(34)33(24)21-6-4-5-19(15-21)27(29,30)31/h4-16H,1-3H3. The fourth-order valence-electron chi connectivity index (χ4n) is 3.62. The molecule has 0 fully saturated rings. The molecule has 0 atom stereocenters. The van der Waals surface area contributed by atoms with Gasteiger partial charge in [-0.1, -0.05) is 68.8 Å². The average molecular weight is 483 g/mol. The molecule has 0 spiro atoms. The van der Waals surface area contributed by atoms with Crippen molar-refractivity contribution in [2.45, 2.75) is 32.4 Å². The number of nitrogens with zero attached hydrogens (tertiary/aromatic N) is 2. The SMILES string of the molecule is CC(C)(C)c1ccc(C=Cc2nc3cc(Cl)ccc3c(=O)n2-c2cccc(C(F)(F)F)c2)cc1. The fraction of sp³-hybridized carbons (Fsp3) is 0.185. The van der Waals surface area contributed by atoms with E-state index in [1.54, 1.807) is 24.3 Å². The molecule has 3 aromatic carbocycles. The smallest absolute Gasteiger partial charge is 0.268 e. The van der Waals surface area contributed by atoms with Crippen molar-refractivity contribution >= 4 is 34.7 Å². The van der Waals surface area contributed by atoms with Crippen LogP contribution in [-0.2, 0) is 11.6 Å². The quantitative estimate of drug-likeness (QED) is 0.302. The molecule has 0 unspecified atom stereocenters. The lowest BCUT2D eigenvalue weighted by Gasteiger charge is -2.18. The van der Waals surface area contributed by atoms with E-state index >= 15 is 0 Å². The van der Waals surface area contributed by atoms with Crippen molar-refractivity contribution in [3.8, 4) is 5.69 Å². The van der Waals surface area contributed by atoms with E-state index in [1.807, 2.05) is 24.3 Å². The molecule has 1 aromatic heterocycles. The van der Waals surface area contributed by atoms with Gasteiger partial charge in [0, 0.05) is 5.02 Å². The zero-order valence-electron chi connectivity index (χ0n) is 18.8. The first-order valence-corrected chi connectivity index (χ1v) is 11.0. The summed E-state index contributed by atoms with van der Waals surface area (Å²) in [6.45, 7) is 6.36. The van der Waals surface area contributed by atoms with Crippen molar-refractivity contribution in [2.24, 2.45) is 0 Å². The minimum Gasteiger partial charge on any atom is -0.268 e. The molecule has 0 aliphatic rings. The number of benzene rings is 3. The molecule has 0 bridgehead atoms. The van der Waals surface area contributed by atoms with Crippen LogP contribution >= 0.6 is 11.6 Å². The van der Waals surface area contributed by atoms with Crippen LogP contribution in [0.5, 0.6) is 0 Å². The van der Waals surface area contributed by atoms with Gasteiger partial charge < -0.3 is 0 Å². The first kappa shape index (κ1) is 23.8. The van der Waals surface area contributed by atoms with E-state index in [4.69, 9.17) is 11.6 Å². The molecule has 174 valence electrons. The number of alkyl halides is 3. The van der Waals surface area contributed by atoms with Crippen LogP contribution in [0.1, 0.15) is 43.3 Å². The van der Waals surface area contributed by atoms with E-state index in [0.29, 0.717) is 10.5 Å². The third-order valence-corrected chi connectivity index (χ3v) is 5.73. The van der Waals surface area contributed by atoms with Crippen molar-refractivity contribution in [1.29, 1.82) is 0 Å². The summed E-state index contributed by atoms with van der Waals surface area (Å²) in [6, 6.07) is 17.2. The lowest BCUT2D eigenvalue weighted by Crippen LogP contribution is -2.22. The summed E-state index contributed by atoms with van der Waals surface area (Å²) in [7, 11) is 0. The van der Waals surface area contributed by atoms with E-state index in [2.05, 4.69) is 25.8 Å². The van der Waals surface area contributed by atoms with E-state index in [-0.39, 0.29) is 22.3 Å². The van der Waals surface area contributed by atoms with E-state index in [9.17, 15) is 18.0 Å². The molecule has 1 heterocycles. The summed E-state index contributed by atoms with van der Waals surface area (Å²) in [5, 5.41) is 0.664. The third-order valence-electron chi connectivity index (χ3n) is 5.49. The Morgan fingerprint density at radius 2 is 1.59 bits per heavy atom. The maximum atomic E-state index is 13.4. The van der Waals surface area contributed by atoms with Crippen LogP contribution in [-0.4, -0.2) is 9.55 Å². The molecule has 4 aromatic rings. The summed E-state index contributed by atoms with van der Waals surface area (Å²) < 4.78 is 41.2. The van der Waals surface area contributed by atoms with Crippen LogP contribution in [0.2, 0.25) is 5.02 Å². The van der Waals surface area contributed by atoms with Crippen LogP contribution in [0.3, 0.4) is 0 Å². The van der Waals surface area contributed by atoms with Gasteiger partial charge in [-0.3, -0.25) is 9.36 Å². The zero-order valence-corrected chi connectivity index (χ0v) is 19.6. The van der Waals surface area contributed by atoms with Gasteiger partial charge in [0.25, 0.3) is 5.56 Å². The molecule has 0 aliphatic carbocycles. The summed E-state index contributed by atoms with van der Waals surface area (Å²) in [5.74, 6) is 0.194. The Morgan fingerprint density at radius 1 is 0.882 bits per heavy atom. The van der Waals surface area contributed by atoms with Gasteiger partial charge in [-0.25, -0.2) is 4.98 Å². The Hall–Kier alpha value is -3.38. The predicted molar refractivity (Wildman–Crippen MR) is 131 cm³/mol. The molecular weight excluding hydrogens is 461 g/mol. The first-order valence-electron chi connectivity index (χ1n) is 10.6. The van der Waals surface area contributed by atoms with E-state index < -0.39 is 17.3 Å². The normalized spacial score (nSPS) is 12.6. The number of hydrogen-bond donors (Lipinski definition) is 0. The van der Waals surface area contributed by atoms with Crippen molar-refractivity contribution in [1.82, 2.24) is 9.55 Å². The molecule has 0 aliphatic heterocycles.